The van der Waals surface area contributed by atoms with E-state index in [1.807, 2.05) is 12.1 Å². The van der Waals surface area contributed by atoms with Crippen LogP contribution >= 0.6 is 0 Å². The van der Waals surface area contributed by atoms with Crippen molar-refractivity contribution in [3.05, 3.63) is 59.8 Å². The molecule has 1 aliphatic heterocycles. The summed E-state index contributed by atoms with van der Waals surface area (Å²) in [5.41, 5.74) is 2.01. The molecule has 0 saturated carbocycles. The van der Waals surface area contributed by atoms with Crippen LogP contribution in [-0.4, -0.2) is 60.5 Å². The SMILES string of the molecule is CN(C)C(=O)c1ccc(N[C@@H]2CCCN(CCc3ccccc3)C2)nc1. The van der Waals surface area contributed by atoms with Gasteiger partial charge in [0.05, 0.1) is 5.56 Å². The number of pyridine rings is 1. The minimum Gasteiger partial charge on any atom is -0.366 e. The number of hydrogen-bond donors (Lipinski definition) is 1. The average Bonchev–Trinajstić information content (AvgIpc) is 2.67. The van der Waals surface area contributed by atoms with Gasteiger partial charge in [0.2, 0.25) is 0 Å². The first-order chi connectivity index (χ1) is 12.6. The number of amides is 1. The number of carbonyl (C=O) groups excluding carboxylic acids is 1. The van der Waals surface area contributed by atoms with Crippen molar-refractivity contribution in [2.75, 3.05) is 39.0 Å². The molecule has 1 saturated heterocycles. The maximum Gasteiger partial charge on any atom is 0.254 e. The highest BCUT2D eigenvalue weighted by Crippen LogP contribution is 2.16. The van der Waals surface area contributed by atoms with E-state index in [2.05, 4.69) is 45.5 Å². The fraction of sp³-hybridized carbons (Fsp3) is 0.429. The number of nitrogens with zero attached hydrogens (tertiary/aromatic N) is 3. The van der Waals surface area contributed by atoms with Crippen LogP contribution in [0.1, 0.15) is 28.8 Å². The van der Waals surface area contributed by atoms with Gasteiger partial charge >= 0.3 is 0 Å². The van der Waals surface area contributed by atoms with Crippen molar-refractivity contribution in [3.8, 4) is 0 Å². The van der Waals surface area contributed by atoms with Gasteiger partial charge in [-0.25, -0.2) is 4.98 Å². The summed E-state index contributed by atoms with van der Waals surface area (Å²) in [6, 6.07) is 14.8. The predicted molar refractivity (Wildman–Crippen MR) is 105 cm³/mol. The fourth-order valence-electron chi connectivity index (χ4n) is 3.38. The van der Waals surface area contributed by atoms with Crippen molar-refractivity contribution in [1.82, 2.24) is 14.8 Å². The lowest BCUT2D eigenvalue weighted by molar-refractivity contribution is 0.0827. The van der Waals surface area contributed by atoms with Crippen LogP contribution in [-0.2, 0) is 6.42 Å². The Morgan fingerprint density at radius 3 is 2.73 bits per heavy atom. The van der Waals surface area contributed by atoms with Crippen molar-refractivity contribution >= 4 is 11.7 Å². The number of piperidine rings is 1. The van der Waals surface area contributed by atoms with Gasteiger partial charge in [-0.15, -0.1) is 0 Å². The summed E-state index contributed by atoms with van der Waals surface area (Å²) in [5.74, 6) is 0.823. The first-order valence-corrected chi connectivity index (χ1v) is 9.32. The molecule has 1 aromatic heterocycles. The maximum absolute atomic E-state index is 11.9. The van der Waals surface area contributed by atoms with Gasteiger partial charge in [0, 0.05) is 39.4 Å². The van der Waals surface area contributed by atoms with E-state index in [9.17, 15) is 4.79 Å². The third kappa shape index (κ3) is 5.05. The zero-order chi connectivity index (χ0) is 18.4. The number of likely N-dealkylation sites (tertiary alicyclic amines) is 1. The molecule has 138 valence electrons. The standard InChI is InChI=1S/C21H28N4O/c1-24(2)21(26)18-10-11-20(22-15-18)23-19-9-6-13-25(16-19)14-12-17-7-4-3-5-8-17/h3-5,7-8,10-11,15,19H,6,9,12-14,16H2,1-2H3,(H,22,23)/t19-/m1/s1. The molecule has 1 aromatic carbocycles. The van der Waals surface area contributed by atoms with Gasteiger partial charge in [0.25, 0.3) is 5.91 Å². The summed E-state index contributed by atoms with van der Waals surface area (Å²) in [4.78, 5) is 20.4. The zero-order valence-corrected chi connectivity index (χ0v) is 15.7. The van der Waals surface area contributed by atoms with E-state index in [1.54, 1.807) is 25.2 Å². The molecular formula is C21H28N4O. The second kappa shape index (κ2) is 8.81. The van der Waals surface area contributed by atoms with Crippen molar-refractivity contribution in [3.63, 3.8) is 0 Å². The van der Waals surface area contributed by atoms with E-state index < -0.39 is 0 Å². The van der Waals surface area contributed by atoms with Gasteiger partial charge in [-0.2, -0.15) is 0 Å². The summed E-state index contributed by atoms with van der Waals surface area (Å²) in [5, 5.41) is 3.53. The number of rotatable bonds is 6. The Morgan fingerprint density at radius 2 is 2.04 bits per heavy atom. The minimum atomic E-state index is -0.0196. The molecule has 1 N–H and O–H groups in total. The molecule has 1 fully saturated rings. The predicted octanol–water partition coefficient (Wildman–Crippen LogP) is 2.90. The van der Waals surface area contributed by atoms with E-state index in [-0.39, 0.29) is 5.91 Å². The molecule has 0 bridgehead atoms. The van der Waals surface area contributed by atoms with Crippen LogP contribution in [0, 0.1) is 0 Å². The number of benzene rings is 1. The van der Waals surface area contributed by atoms with Crippen molar-refractivity contribution in [2.24, 2.45) is 0 Å². The smallest absolute Gasteiger partial charge is 0.254 e. The van der Waals surface area contributed by atoms with Crippen LogP contribution < -0.4 is 5.32 Å². The highest BCUT2D eigenvalue weighted by molar-refractivity contribution is 5.93. The lowest BCUT2D eigenvalue weighted by Crippen LogP contribution is -2.43. The summed E-state index contributed by atoms with van der Waals surface area (Å²) >= 11 is 0. The van der Waals surface area contributed by atoms with Gasteiger partial charge in [-0.3, -0.25) is 4.79 Å². The summed E-state index contributed by atoms with van der Waals surface area (Å²) < 4.78 is 0. The van der Waals surface area contributed by atoms with E-state index in [4.69, 9.17) is 0 Å². The Kier molecular flexibility index (Phi) is 6.23. The molecular weight excluding hydrogens is 324 g/mol. The molecule has 26 heavy (non-hydrogen) atoms. The monoisotopic (exact) mass is 352 g/mol. The summed E-state index contributed by atoms with van der Waals surface area (Å²) in [6.07, 6.45) is 5.10. The Labute approximate surface area is 156 Å². The van der Waals surface area contributed by atoms with Gasteiger partial charge in [0.15, 0.2) is 0 Å². The molecule has 1 atom stereocenters. The number of anilines is 1. The first-order valence-electron chi connectivity index (χ1n) is 9.32. The molecule has 5 heteroatoms. The summed E-state index contributed by atoms with van der Waals surface area (Å²) in [7, 11) is 3.50. The largest absolute Gasteiger partial charge is 0.366 e. The van der Waals surface area contributed by atoms with Crippen LogP contribution in [0.3, 0.4) is 0 Å². The quantitative estimate of drug-likeness (QED) is 0.868. The molecule has 2 heterocycles. The van der Waals surface area contributed by atoms with Gasteiger partial charge < -0.3 is 15.1 Å². The normalized spacial score (nSPS) is 17.7. The van der Waals surface area contributed by atoms with E-state index >= 15 is 0 Å². The third-order valence-electron chi connectivity index (χ3n) is 4.83. The molecule has 2 aromatic rings. The van der Waals surface area contributed by atoms with Crippen LogP contribution in [0.25, 0.3) is 0 Å². The maximum atomic E-state index is 11.9. The first kappa shape index (κ1) is 18.4. The number of nitrogens with one attached hydrogen (secondary N) is 1. The van der Waals surface area contributed by atoms with Crippen molar-refractivity contribution in [1.29, 1.82) is 0 Å². The second-order valence-electron chi connectivity index (χ2n) is 7.15. The Morgan fingerprint density at radius 1 is 1.23 bits per heavy atom. The molecule has 0 aliphatic carbocycles. The van der Waals surface area contributed by atoms with Gasteiger partial charge in [0.1, 0.15) is 5.82 Å². The number of carbonyl (C=O) groups is 1. The zero-order valence-electron chi connectivity index (χ0n) is 15.7. The highest BCUT2D eigenvalue weighted by atomic mass is 16.2. The Bertz CT molecular complexity index is 700. The second-order valence-corrected chi connectivity index (χ2v) is 7.15. The number of aromatic nitrogens is 1. The van der Waals surface area contributed by atoms with E-state index in [0.717, 1.165) is 38.3 Å². The van der Waals surface area contributed by atoms with E-state index in [0.29, 0.717) is 11.6 Å². The van der Waals surface area contributed by atoms with Crippen molar-refractivity contribution in [2.45, 2.75) is 25.3 Å². The molecule has 0 radical (unpaired) electrons. The van der Waals surface area contributed by atoms with Crippen molar-refractivity contribution < 1.29 is 4.79 Å². The highest BCUT2D eigenvalue weighted by Gasteiger charge is 2.20. The lowest BCUT2D eigenvalue weighted by atomic mass is 10.0. The third-order valence-corrected chi connectivity index (χ3v) is 4.83. The summed E-state index contributed by atoms with van der Waals surface area (Å²) in [6.45, 7) is 3.29. The minimum absolute atomic E-state index is 0.0196. The van der Waals surface area contributed by atoms with Crippen LogP contribution in [0.4, 0.5) is 5.82 Å². The molecule has 5 nitrogen and oxygen atoms in total. The Hall–Kier alpha value is -2.40. The average molecular weight is 352 g/mol. The van der Waals surface area contributed by atoms with E-state index in [1.165, 1.54) is 12.0 Å². The van der Waals surface area contributed by atoms with Gasteiger partial charge in [-0.05, 0) is 43.5 Å². The molecule has 3 rings (SSSR count). The Balaban J connectivity index is 1.51. The van der Waals surface area contributed by atoms with Crippen LogP contribution in [0.15, 0.2) is 48.7 Å². The van der Waals surface area contributed by atoms with Crippen LogP contribution in [0.5, 0.6) is 0 Å². The van der Waals surface area contributed by atoms with Crippen LogP contribution in [0.2, 0.25) is 0 Å². The fourth-order valence-corrected chi connectivity index (χ4v) is 3.38. The number of hydrogen-bond acceptors (Lipinski definition) is 4. The molecule has 1 amide bonds. The molecule has 1 aliphatic rings. The lowest BCUT2D eigenvalue weighted by Gasteiger charge is -2.33. The van der Waals surface area contributed by atoms with Gasteiger partial charge in [-0.1, -0.05) is 30.3 Å². The topological polar surface area (TPSA) is 48.5 Å². The molecule has 0 unspecified atom stereocenters. The molecule has 0 spiro atoms.